The van der Waals surface area contributed by atoms with Crippen molar-refractivity contribution in [3.8, 4) is 17.2 Å². The third-order valence-corrected chi connectivity index (χ3v) is 1.52. The van der Waals surface area contributed by atoms with E-state index >= 15 is 0 Å². The predicted molar refractivity (Wildman–Crippen MR) is 33.1 cm³/mol. The van der Waals surface area contributed by atoms with Crippen LogP contribution in [0.4, 0.5) is 8.78 Å². The maximum atomic E-state index is 12.0. The number of fused-ring (bicyclic) bond motifs is 1. The molecule has 1 heterocycles. The number of rotatable bonds is 1. The highest BCUT2D eigenvalue weighted by atomic mass is 19.3. The van der Waals surface area contributed by atoms with Gasteiger partial charge in [0.2, 0.25) is 5.75 Å². The molecule has 0 atom stereocenters. The number of phenols is 1. The van der Waals surface area contributed by atoms with E-state index in [0.29, 0.717) is 0 Å². The Morgan fingerprint density at radius 1 is 1.27 bits per heavy atom. The zero-order chi connectivity index (χ0) is 8.01. The molecule has 58 valence electrons. The molecule has 0 saturated heterocycles. The van der Waals surface area contributed by atoms with E-state index in [4.69, 9.17) is 5.11 Å². The van der Waals surface area contributed by atoms with E-state index in [1.807, 2.05) is 0 Å². The molecular formula is C7H4F2O2. The van der Waals surface area contributed by atoms with Crippen LogP contribution in [0.2, 0.25) is 0 Å². The standard InChI is InChI=1S/C7H4F2O2/c8-7(9)3-1-2-4(10)6-5(3)11-6/h1-2,7,10H. The minimum atomic E-state index is -2.54. The zero-order valence-corrected chi connectivity index (χ0v) is 5.34. The summed E-state index contributed by atoms with van der Waals surface area (Å²) in [5.74, 6) is 0.229. The van der Waals surface area contributed by atoms with Crippen molar-refractivity contribution in [3.05, 3.63) is 17.7 Å². The molecule has 0 aliphatic carbocycles. The molecule has 0 bridgehead atoms. The number of ether oxygens (including phenoxy) is 1. The minimum Gasteiger partial charge on any atom is -0.504 e. The summed E-state index contributed by atoms with van der Waals surface area (Å²) in [6, 6.07) is 2.36. The molecule has 0 amide bonds. The molecule has 0 aromatic heterocycles. The first-order valence-electron chi connectivity index (χ1n) is 3.02. The van der Waals surface area contributed by atoms with Gasteiger partial charge in [-0.3, -0.25) is 0 Å². The highest BCUT2D eigenvalue weighted by Gasteiger charge is 2.32. The fourth-order valence-corrected chi connectivity index (χ4v) is 0.927. The number of halogens is 2. The third kappa shape index (κ3) is 0.824. The van der Waals surface area contributed by atoms with E-state index in [9.17, 15) is 8.78 Å². The van der Waals surface area contributed by atoms with Crippen molar-refractivity contribution in [1.82, 2.24) is 0 Å². The van der Waals surface area contributed by atoms with Crippen molar-refractivity contribution in [2.24, 2.45) is 0 Å². The summed E-state index contributed by atoms with van der Waals surface area (Å²) in [5.41, 5.74) is -0.155. The van der Waals surface area contributed by atoms with Gasteiger partial charge >= 0.3 is 0 Å². The molecule has 1 aliphatic rings. The number of aromatic hydroxyl groups is 1. The summed E-state index contributed by atoms with van der Waals surface area (Å²) in [7, 11) is 0. The van der Waals surface area contributed by atoms with Crippen LogP contribution in [0, 0.1) is 0 Å². The van der Waals surface area contributed by atoms with Crippen LogP contribution in [0.1, 0.15) is 12.0 Å². The van der Waals surface area contributed by atoms with Gasteiger partial charge in [-0.25, -0.2) is 8.78 Å². The summed E-state index contributed by atoms with van der Waals surface area (Å²) in [4.78, 5) is 0. The van der Waals surface area contributed by atoms with Crippen LogP contribution in [-0.4, -0.2) is 5.11 Å². The summed E-state index contributed by atoms with van der Waals surface area (Å²) in [5, 5.41) is 8.91. The van der Waals surface area contributed by atoms with Crippen molar-refractivity contribution in [3.63, 3.8) is 0 Å². The van der Waals surface area contributed by atoms with Gasteiger partial charge in [-0.05, 0) is 12.1 Å². The van der Waals surface area contributed by atoms with Crippen molar-refractivity contribution >= 4 is 0 Å². The average Bonchev–Trinajstić information content (AvgIpc) is 2.66. The van der Waals surface area contributed by atoms with Gasteiger partial charge in [-0.2, -0.15) is 0 Å². The Labute approximate surface area is 61.0 Å². The van der Waals surface area contributed by atoms with Crippen molar-refractivity contribution < 1.29 is 18.6 Å². The van der Waals surface area contributed by atoms with E-state index < -0.39 is 6.43 Å². The number of phenolic OH excluding ortho intramolecular Hbond substituents is 1. The van der Waals surface area contributed by atoms with Gasteiger partial charge in [-0.15, -0.1) is 0 Å². The van der Waals surface area contributed by atoms with Crippen molar-refractivity contribution in [2.75, 3.05) is 0 Å². The van der Waals surface area contributed by atoms with Crippen molar-refractivity contribution in [2.45, 2.75) is 6.43 Å². The van der Waals surface area contributed by atoms with Gasteiger partial charge < -0.3 is 9.84 Å². The van der Waals surface area contributed by atoms with Gasteiger partial charge in [0.1, 0.15) is 0 Å². The van der Waals surface area contributed by atoms with Crippen LogP contribution in [-0.2, 0) is 0 Å². The highest BCUT2D eigenvalue weighted by Crippen LogP contribution is 2.56. The van der Waals surface area contributed by atoms with Gasteiger partial charge in [0.05, 0.1) is 5.56 Å². The largest absolute Gasteiger partial charge is 0.504 e. The first-order chi connectivity index (χ1) is 5.20. The van der Waals surface area contributed by atoms with E-state index in [-0.39, 0.29) is 22.8 Å². The third-order valence-electron chi connectivity index (χ3n) is 1.52. The number of hydrogen-bond donors (Lipinski definition) is 1. The van der Waals surface area contributed by atoms with Crippen LogP contribution < -0.4 is 4.74 Å². The molecule has 0 spiro atoms. The van der Waals surface area contributed by atoms with Gasteiger partial charge in [0, 0.05) is 0 Å². The lowest BCUT2D eigenvalue weighted by Crippen LogP contribution is -1.77. The molecule has 1 aromatic rings. The monoisotopic (exact) mass is 158 g/mol. The molecule has 2 nitrogen and oxygen atoms in total. The second kappa shape index (κ2) is 1.84. The molecule has 4 heteroatoms. The van der Waals surface area contributed by atoms with Crippen LogP contribution in [0.3, 0.4) is 0 Å². The van der Waals surface area contributed by atoms with E-state index in [0.717, 1.165) is 6.07 Å². The first kappa shape index (κ1) is 6.39. The van der Waals surface area contributed by atoms with Crippen LogP contribution in [0.15, 0.2) is 12.1 Å². The Bertz CT molecular complexity index is 310. The highest BCUT2D eigenvalue weighted by molar-refractivity contribution is 5.66. The normalized spacial score (nSPS) is 12.6. The van der Waals surface area contributed by atoms with Crippen LogP contribution >= 0.6 is 0 Å². The first-order valence-corrected chi connectivity index (χ1v) is 3.02. The lowest BCUT2D eigenvalue weighted by Gasteiger charge is -1.92. The second-order valence-corrected chi connectivity index (χ2v) is 2.23. The quantitative estimate of drug-likeness (QED) is 0.646. The molecule has 1 aliphatic heterocycles. The van der Waals surface area contributed by atoms with Crippen LogP contribution in [0.25, 0.3) is 0 Å². The SMILES string of the molecule is Oc1ccc(C(F)F)c2c1O2. The Morgan fingerprint density at radius 2 is 2.00 bits per heavy atom. The fourth-order valence-electron chi connectivity index (χ4n) is 0.927. The molecule has 1 N–H and O–H groups in total. The van der Waals surface area contributed by atoms with Crippen LogP contribution in [0.5, 0.6) is 17.2 Å². The molecule has 0 radical (unpaired) electrons. The second-order valence-electron chi connectivity index (χ2n) is 2.23. The maximum Gasteiger partial charge on any atom is 0.267 e. The predicted octanol–water partition coefficient (Wildman–Crippen LogP) is 2.44. The van der Waals surface area contributed by atoms with E-state index in [1.165, 1.54) is 6.07 Å². The summed E-state index contributed by atoms with van der Waals surface area (Å²) in [6.45, 7) is 0. The lowest BCUT2D eigenvalue weighted by molar-refractivity contribution is 0.151. The van der Waals surface area contributed by atoms with Gasteiger partial charge in [0.25, 0.3) is 6.43 Å². The zero-order valence-electron chi connectivity index (χ0n) is 5.34. The number of benzene rings is 1. The molecule has 0 fully saturated rings. The van der Waals surface area contributed by atoms with E-state index in [2.05, 4.69) is 4.74 Å². The Kier molecular flexibility index (Phi) is 1.07. The average molecular weight is 158 g/mol. The molecule has 1 aromatic carbocycles. The number of alkyl halides is 2. The number of hydrogen-bond acceptors (Lipinski definition) is 2. The Balaban J connectivity index is 2.49. The lowest BCUT2D eigenvalue weighted by atomic mass is 10.2. The summed E-state index contributed by atoms with van der Waals surface area (Å²) in [6.07, 6.45) is -2.54. The molecule has 0 saturated carbocycles. The van der Waals surface area contributed by atoms with Gasteiger partial charge in [-0.1, -0.05) is 0 Å². The smallest absolute Gasteiger partial charge is 0.267 e. The summed E-state index contributed by atoms with van der Waals surface area (Å²) < 4.78 is 28.7. The Morgan fingerprint density at radius 3 is 2.64 bits per heavy atom. The molecule has 11 heavy (non-hydrogen) atoms. The topological polar surface area (TPSA) is 32.8 Å². The van der Waals surface area contributed by atoms with Crippen molar-refractivity contribution in [1.29, 1.82) is 0 Å². The van der Waals surface area contributed by atoms with Gasteiger partial charge in [0.15, 0.2) is 11.5 Å². The molecular weight excluding hydrogens is 154 g/mol. The molecule has 2 rings (SSSR count). The maximum absolute atomic E-state index is 12.0. The molecule has 0 unspecified atom stereocenters. The Hall–Kier alpha value is -1.32. The van der Waals surface area contributed by atoms with E-state index in [1.54, 1.807) is 0 Å². The minimum absolute atomic E-state index is 0.0793. The summed E-state index contributed by atoms with van der Waals surface area (Å²) >= 11 is 0. The fraction of sp³-hybridized carbons (Fsp3) is 0.143.